The van der Waals surface area contributed by atoms with E-state index in [0.29, 0.717) is 0 Å². The van der Waals surface area contributed by atoms with Crippen LogP contribution >= 0.6 is 0 Å². The van der Waals surface area contributed by atoms with Gasteiger partial charge in [-0.2, -0.15) is 4.31 Å². The quantitative estimate of drug-likeness (QED) is 0.272. The highest BCUT2D eigenvalue weighted by Gasteiger charge is 2.51. The Morgan fingerprint density at radius 1 is 1.08 bits per heavy atom. The molecule has 1 aliphatic rings. The minimum absolute atomic E-state index is 0.120. The normalized spacial score (nSPS) is 22.2. The molecule has 0 N–H and O–H groups in total. The number of aromatic nitrogens is 3. The number of carbonyl (C=O) groups excluding carboxylic acids is 4. The van der Waals surface area contributed by atoms with Gasteiger partial charge in [-0.05, 0) is 13.8 Å². The Labute approximate surface area is 208 Å². The van der Waals surface area contributed by atoms with E-state index in [4.69, 9.17) is 23.7 Å². The topological polar surface area (TPSA) is 183 Å². The molecule has 0 spiro atoms. The molecular weight excluding hydrogens is 504 g/mol. The lowest BCUT2D eigenvalue weighted by atomic mass is 10.1. The highest BCUT2D eigenvalue weighted by atomic mass is 32.2. The molecule has 0 amide bonds. The fourth-order valence-electron chi connectivity index (χ4n) is 3.64. The summed E-state index contributed by atoms with van der Waals surface area (Å²) in [6.07, 6.45) is -2.26. The highest BCUT2D eigenvalue weighted by molar-refractivity contribution is 7.88. The lowest BCUT2D eigenvalue weighted by molar-refractivity contribution is -0.166. The van der Waals surface area contributed by atoms with Crippen molar-refractivity contribution in [1.29, 1.82) is 0 Å². The van der Waals surface area contributed by atoms with Crippen molar-refractivity contribution in [2.75, 3.05) is 20.0 Å². The van der Waals surface area contributed by atoms with Gasteiger partial charge < -0.3 is 23.7 Å². The molecule has 0 aromatic carbocycles. The number of rotatable bonds is 10. The van der Waals surface area contributed by atoms with Gasteiger partial charge in [-0.15, -0.1) is 5.10 Å². The molecule has 15 nitrogen and oxygen atoms in total. The van der Waals surface area contributed by atoms with Crippen LogP contribution in [0.1, 0.15) is 46.5 Å². The van der Waals surface area contributed by atoms with Gasteiger partial charge in [-0.25, -0.2) is 13.1 Å². The van der Waals surface area contributed by atoms with Crippen molar-refractivity contribution in [3.8, 4) is 0 Å². The predicted octanol–water partition coefficient (Wildman–Crippen LogP) is -0.685. The molecule has 16 heteroatoms. The smallest absolute Gasteiger partial charge is 0.326 e. The second kappa shape index (κ2) is 11.3. The number of ether oxygens (including phenoxy) is 5. The Hall–Kier alpha value is -3.11. The molecule has 1 fully saturated rings. The number of hydrogen-bond donors (Lipinski definition) is 0. The van der Waals surface area contributed by atoms with E-state index in [1.54, 1.807) is 0 Å². The molecule has 36 heavy (non-hydrogen) atoms. The fourth-order valence-corrected chi connectivity index (χ4v) is 4.91. The summed E-state index contributed by atoms with van der Waals surface area (Å²) in [6.45, 7) is 5.58. The number of nitrogens with zero attached hydrogens (tertiary/aromatic N) is 4. The van der Waals surface area contributed by atoms with Crippen LogP contribution < -0.4 is 0 Å². The Bertz CT molecular complexity index is 1100. The van der Waals surface area contributed by atoms with E-state index in [1.165, 1.54) is 27.0 Å². The minimum atomic E-state index is -3.91. The van der Waals surface area contributed by atoms with Crippen molar-refractivity contribution in [1.82, 2.24) is 19.3 Å². The summed E-state index contributed by atoms with van der Waals surface area (Å²) in [5.74, 6) is -2.79. The monoisotopic (exact) mass is 534 g/mol. The van der Waals surface area contributed by atoms with Gasteiger partial charge >= 0.3 is 23.9 Å². The molecule has 1 aromatic heterocycles. The van der Waals surface area contributed by atoms with E-state index in [2.05, 4.69) is 10.3 Å². The molecule has 0 radical (unpaired) electrons. The summed E-state index contributed by atoms with van der Waals surface area (Å²) in [5, 5.41) is 7.90. The summed E-state index contributed by atoms with van der Waals surface area (Å²) in [7, 11) is -2.77. The van der Waals surface area contributed by atoms with Crippen LogP contribution in [0.25, 0.3) is 0 Å². The molecule has 1 saturated heterocycles. The Kier molecular flexibility index (Phi) is 9.14. The van der Waals surface area contributed by atoms with Crippen LogP contribution in [0.15, 0.2) is 6.20 Å². The van der Waals surface area contributed by atoms with Gasteiger partial charge in [-0.1, -0.05) is 5.21 Å². The zero-order valence-corrected chi connectivity index (χ0v) is 21.8. The maximum absolute atomic E-state index is 12.4. The van der Waals surface area contributed by atoms with Crippen LogP contribution in [-0.4, -0.2) is 95.4 Å². The summed E-state index contributed by atoms with van der Waals surface area (Å²) >= 11 is 0. The van der Waals surface area contributed by atoms with Crippen molar-refractivity contribution in [3.63, 3.8) is 0 Å². The van der Waals surface area contributed by atoms with E-state index in [-0.39, 0.29) is 18.8 Å². The highest BCUT2D eigenvalue weighted by Crippen LogP contribution is 2.34. The Balaban J connectivity index is 2.40. The van der Waals surface area contributed by atoms with Crippen LogP contribution in [0.4, 0.5) is 0 Å². The number of methoxy groups -OCH3 is 1. The molecule has 0 unspecified atom stereocenters. The molecule has 0 saturated carbocycles. The van der Waals surface area contributed by atoms with Crippen LogP contribution in [0.2, 0.25) is 0 Å². The zero-order chi connectivity index (χ0) is 27.4. The summed E-state index contributed by atoms with van der Waals surface area (Å²) < 4.78 is 53.1. The SMILES string of the molecule is COC(=O)C(C)(C)N(Cc1cn([C@@H]2O[C@H](COC(C)=O)[C@@H](OC(C)=O)[C@H]2OC(C)=O)nn1)S(C)(=O)=O. The third-order valence-corrected chi connectivity index (χ3v) is 6.56. The first kappa shape index (κ1) is 29.1. The molecule has 202 valence electrons. The average Bonchev–Trinajstić information content (AvgIpc) is 3.33. The first-order chi connectivity index (χ1) is 16.6. The third kappa shape index (κ3) is 6.98. The van der Waals surface area contributed by atoms with Crippen molar-refractivity contribution in [2.45, 2.75) is 71.2 Å². The van der Waals surface area contributed by atoms with Gasteiger partial charge in [0.1, 0.15) is 18.2 Å². The molecule has 2 rings (SSSR count). The molecule has 2 heterocycles. The predicted molar refractivity (Wildman–Crippen MR) is 118 cm³/mol. The van der Waals surface area contributed by atoms with E-state index >= 15 is 0 Å². The van der Waals surface area contributed by atoms with Crippen LogP contribution in [-0.2, 0) is 59.4 Å². The molecule has 1 aromatic rings. The van der Waals surface area contributed by atoms with Gasteiger partial charge in [0.2, 0.25) is 10.0 Å². The lowest BCUT2D eigenvalue weighted by Crippen LogP contribution is -2.52. The Morgan fingerprint density at radius 2 is 1.67 bits per heavy atom. The van der Waals surface area contributed by atoms with Gasteiger partial charge in [0, 0.05) is 20.8 Å². The van der Waals surface area contributed by atoms with Crippen molar-refractivity contribution in [3.05, 3.63) is 11.9 Å². The molecule has 1 aliphatic heterocycles. The largest absolute Gasteiger partial charge is 0.468 e. The molecular formula is C20H30N4O11S. The van der Waals surface area contributed by atoms with Crippen LogP contribution in [0.5, 0.6) is 0 Å². The van der Waals surface area contributed by atoms with Gasteiger partial charge in [0.15, 0.2) is 18.4 Å². The van der Waals surface area contributed by atoms with E-state index < -0.39 is 64.0 Å². The maximum atomic E-state index is 12.4. The minimum Gasteiger partial charge on any atom is -0.468 e. The first-order valence-corrected chi connectivity index (χ1v) is 12.5. The summed E-state index contributed by atoms with van der Waals surface area (Å²) in [6, 6.07) is 0. The third-order valence-electron chi connectivity index (χ3n) is 5.17. The van der Waals surface area contributed by atoms with E-state index in [0.717, 1.165) is 36.2 Å². The average molecular weight is 535 g/mol. The fraction of sp³-hybridized carbons (Fsp3) is 0.700. The summed E-state index contributed by atoms with van der Waals surface area (Å²) in [5.41, 5.74) is -1.44. The number of hydrogen-bond acceptors (Lipinski definition) is 13. The molecule has 0 aliphatic carbocycles. The van der Waals surface area contributed by atoms with E-state index in [9.17, 15) is 27.6 Å². The van der Waals surface area contributed by atoms with Crippen molar-refractivity contribution in [2.24, 2.45) is 0 Å². The summed E-state index contributed by atoms with van der Waals surface area (Å²) in [4.78, 5) is 47.0. The second-order valence-electron chi connectivity index (χ2n) is 8.53. The number of esters is 4. The van der Waals surface area contributed by atoms with Gasteiger partial charge in [0.05, 0.1) is 31.8 Å². The van der Waals surface area contributed by atoms with Crippen molar-refractivity contribution >= 4 is 33.9 Å². The van der Waals surface area contributed by atoms with E-state index in [1.807, 2.05) is 0 Å². The molecule has 4 atom stereocenters. The second-order valence-corrected chi connectivity index (χ2v) is 10.4. The van der Waals surface area contributed by atoms with Crippen molar-refractivity contribution < 1.29 is 51.3 Å². The number of carbonyl (C=O) groups is 4. The lowest BCUT2D eigenvalue weighted by Gasteiger charge is -2.33. The molecule has 0 bridgehead atoms. The Morgan fingerprint density at radius 3 is 2.17 bits per heavy atom. The maximum Gasteiger partial charge on any atom is 0.326 e. The van der Waals surface area contributed by atoms with Crippen LogP contribution in [0.3, 0.4) is 0 Å². The van der Waals surface area contributed by atoms with Crippen LogP contribution in [0, 0.1) is 0 Å². The zero-order valence-electron chi connectivity index (χ0n) is 21.0. The van der Waals surface area contributed by atoms with Gasteiger partial charge in [-0.3, -0.25) is 19.2 Å². The van der Waals surface area contributed by atoms with Gasteiger partial charge in [0.25, 0.3) is 0 Å². The standard InChI is InChI=1S/C20H30N4O11S/c1-11(25)32-10-15-16(33-12(2)26)17(34-13(3)27)18(35-15)23-8-14(21-22-23)9-24(36(7,29)30)20(4,5)19(28)31-6/h8,15-18H,9-10H2,1-7H3/t15-,16-,17-,18-/m1/s1. The first-order valence-electron chi connectivity index (χ1n) is 10.7. The number of sulfonamides is 1.